The average molecular weight is 264 g/mol. The summed E-state index contributed by atoms with van der Waals surface area (Å²) in [6.45, 7) is 6.14. The van der Waals surface area contributed by atoms with Gasteiger partial charge in [-0.2, -0.15) is 0 Å². The van der Waals surface area contributed by atoms with Gasteiger partial charge in [-0.15, -0.1) is 0 Å². The van der Waals surface area contributed by atoms with Crippen LogP contribution in [0.1, 0.15) is 40.0 Å². The first-order valence-electron chi connectivity index (χ1n) is 7.10. The monoisotopic (exact) mass is 264 g/mol. The number of allylic oxidation sites excluding steroid dienone is 1. The lowest BCUT2D eigenvalue weighted by Crippen LogP contribution is -2.30. The molecule has 1 N–H and O–H groups in total. The van der Waals surface area contributed by atoms with E-state index < -0.39 is 0 Å². The fourth-order valence-corrected chi connectivity index (χ4v) is 3.78. The van der Waals surface area contributed by atoms with Gasteiger partial charge < -0.3 is 9.84 Å². The highest BCUT2D eigenvalue weighted by molar-refractivity contribution is 5.87. The van der Waals surface area contributed by atoms with Crippen LogP contribution in [-0.4, -0.2) is 24.3 Å². The van der Waals surface area contributed by atoms with Gasteiger partial charge in [0.1, 0.15) is 0 Å². The first kappa shape index (κ1) is 14.3. The van der Waals surface area contributed by atoms with Gasteiger partial charge in [0.15, 0.2) is 0 Å². The molecule has 0 aromatic carbocycles. The number of carbonyl (C=O) groups is 1. The van der Waals surface area contributed by atoms with E-state index in [0.717, 1.165) is 19.3 Å². The summed E-state index contributed by atoms with van der Waals surface area (Å²) < 4.78 is 4.76. The molecule has 19 heavy (non-hydrogen) atoms. The van der Waals surface area contributed by atoms with Crippen molar-refractivity contribution in [1.82, 2.24) is 0 Å². The highest BCUT2D eigenvalue weighted by Crippen LogP contribution is 2.48. The third-order valence-corrected chi connectivity index (χ3v) is 4.69. The van der Waals surface area contributed by atoms with Gasteiger partial charge in [0.05, 0.1) is 13.2 Å². The topological polar surface area (TPSA) is 46.5 Å². The molecule has 0 amide bonds. The van der Waals surface area contributed by atoms with E-state index in [-0.39, 0.29) is 23.9 Å². The lowest BCUT2D eigenvalue weighted by Gasteiger charge is -2.35. The van der Waals surface area contributed by atoms with Gasteiger partial charge in [0.25, 0.3) is 0 Å². The zero-order valence-corrected chi connectivity index (χ0v) is 12.3. The van der Waals surface area contributed by atoms with E-state index in [1.165, 1.54) is 18.3 Å². The van der Waals surface area contributed by atoms with Crippen LogP contribution in [-0.2, 0) is 9.53 Å². The van der Waals surface area contributed by atoms with Gasteiger partial charge in [-0.05, 0) is 44.9 Å². The fourth-order valence-electron chi connectivity index (χ4n) is 3.78. The van der Waals surface area contributed by atoms with Crippen LogP contribution in [0.25, 0.3) is 0 Å². The Balaban J connectivity index is 2.28. The molecule has 1 fully saturated rings. The molecule has 106 valence electrons. The SMILES string of the molecule is COC(=O)C(C)=CC1CCC(C)C2C1=C(C)CC2O. The number of carbonyl (C=O) groups excluding carboxylic acids is 1. The van der Waals surface area contributed by atoms with Gasteiger partial charge >= 0.3 is 5.97 Å². The number of ether oxygens (including phenoxy) is 1. The summed E-state index contributed by atoms with van der Waals surface area (Å²) in [5.74, 6) is 0.843. The predicted molar refractivity (Wildman–Crippen MR) is 74.5 cm³/mol. The molecule has 0 saturated heterocycles. The van der Waals surface area contributed by atoms with Crippen molar-refractivity contribution in [2.24, 2.45) is 17.8 Å². The van der Waals surface area contributed by atoms with Crippen LogP contribution in [0.3, 0.4) is 0 Å². The van der Waals surface area contributed by atoms with Crippen LogP contribution in [0.2, 0.25) is 0 Å². The Morgan fingerprint density at radius 1 is 1.42 bits per heavy atom. The quantitative estimate of drug-likeness (QED) is 0.474. The Hall–Kier alpha value is -1.09. The third-order valence-electron chi connectivity index (χ3n) is 4.69. The zero-order valence-electron chi connectivity index (χ0n) is 12.3. The minimum atomic E-state index is -0.257. The van der Waals surface area contributed by atoms with E-state index >= 15 is 0 Å². The number of rotatable bonds is 2. The number of aliphatic hydroxyl groups is 1. The third kappa shape index (κ3) is 2.62. The van der Waals surface area contributed by atoms with Crippen LogP contribution in [0, 0.1) is 17.8 Å². The summed E-state index contributed by atoms with van der Waals surface area (Å²) in [6.07, 6.45) is 4.74. The van der Waals surface area contributed by atoms with Crippen LogP contribution in [0.5, 0.6) is 0 Å². The Morgan fingerprint density at radius 2 is 2.11 bits per heavy atom. The maximum atomic E-state index is 11.5. The van der Waals surface area contributed by atoms with Crippen LogP contribution < -0.4 is 0 Å². The fraction of sp³-hybridized carbons (Fsp3) is 0.688. The minimum Gasteiger partial charge on any atom is -0.466 e. The second-order valence-corrected chi connectivity index (χ2v) is 6.04. The Morgan fingerprint density at radius 3 is 2.74 bits per heavy atom. The normalized spacial score (nSPS) is 35.3. The molecule has 4 atom stereocenters. The molecule has 0 aromatic heterocycles. The molecule has 1 saturated carbocycles. The lowest BCUT2D eigenvalue weighted by atomic mass is 9.70. The highest BCUT2D eigenvalue weighted by Gasteiger charge is 2.41. The molecule has 4 unspecified atom stereocenters. The molecule has 3 heteroatoms. The van der Waals surface area contributed by atoms with Crippen molar-refractivity contribution >= 4 is 5.97 Å². The summed E-state index contributed by atoms with van der Waals surface area (Å²) in [6, 6.07) is 0. The average Bonchev–Trinajstić information content (AvgIpc) is 2.68. The van der Waals surface area contributed by atoms with Gasteiger partial charge in [-0.1, -0.05) is 24.1 Å². The van der Waals surface area contributed by atoms with Gasteiger partial charge in [-0.3, -0.25) is 0 Å². The van der Waals surface area contributed by atoms with Crippen LogP contribution in [0.15, 0.2) is 22.8 Å². The number of fused-ring (bicyclic) bond motifs is 1. The molecule has 2 rings (SSSR count). The summed E-state index contributed by atoms with van der Waals surface area (Å²) in [4.78, 5) is 11.5. The summed E-state index contributed by atoms with van der Waals surface area (Å²) in [5.41, 5.74) is 3.35. The molecular formula is C16H24O3. The van der Waals surface area contributed by atoms with Crippen molar-refractivity contribution in [1.29, 1.82) is 0 Å². The second kappa shape index (κ2) is 5.49. The van der Waals surface area contributed by atoms with E-state index in [1.807, 2.05) is 6.08 Å². The molecule has 0 spiro atoms. The number of aliphatic hydroxyl groups excluding tert-OH is 1. The van der Waals surface area contributed by atoms with E-state index in [4.69, 9.17) is 4.74 Å². The Kier molecular flexibility index (Phi) is 4.14. The van der Waals surface area contributed by atoms with Gasteiger partial charge in [0, 0.05) is 11.5 Å². The number of hydrogen-bond acceptors (Lipinski definition) is 3. The maximum Gasteiger partial charge on any atom is 0.333 e. The summed E-state index contributed by atoms with van der Waals surface area (Å²) in [7, 11) is 1.41. The zero-order chi connectivity index (χ0) is 14.2. The van der Waals surface area contributed by atoms with Crippen LogP contribution >= 0.6 is 0 Å². The van der Waals surface area contributed by atoms with E-state index in [2.05, 4.69) is 13.8 Å². The minimum absolute atomic E-state index is 0.236. The van der Waals surface area contributed by atoms with Crippen molar-refractivity contribution < 1.29 is 14.6 Å². The highest BCUT2D eigenvalue weighted by atomic mass is 16.5. The van der Waals surface area contributed by atoms with E-state index in [0.29, 0.717) is 11.5 Å². The van der Waals surface area contributed by atoms with Crippen molar-refractivity contribution in [3.05, 3.63) is 22.8 Å². The van der Waals surface area contributed by atoms with E-state index in [1.54, 1.807) is 6.92 Å². The second-order valence-electron chi connectivity index (χ2n) is 6.04. The number of esters is 1. The van der Waals surface area contributed by atoms with Crippen molar-refractivity contribution in [2.75, 3.05) is 7.11 Å². The molecule has 0 aliphatic heterocycles. The Labute approximate surface area is 115 Å². The first-order chi connectivity index (χ1) is 8.95. The summed E-state index contributed by atoms with van der Waals surface area (Å²) >= 11 is 0. The molecule has 0 bridgehead atoms. The molecule has 2 aliphatic carbocycles. The molecular weight excluding hydrogens is 240 g/mol. The predicted octanol–water partition coefficient (Wildman–Crippen LogP) is 2.85. The van der Waals surface area contributed by atoms with E-state index in [9.17, 15) is 9.90 Å². The van der Waals surface area contributed by atoms with Gasteiger partial charge in [-0.25, -0.2) is 4.79 Å². The number of hydrogen-bond donors (Lipinski definition) is 1. The molecule has 2 aliphatic rings. The smallest absolute Gasteiger partial charge is 0.333 e. The Bertz CT molecular complexity index is 433. The number of methoxy groups -OCH3 is 1. The molecule has 3 nitrogen and oxygen atoms in total. The molecule has 0 aromatic rings. The first-order valence-corrected chi connectivity index (χ1v) is 7.10. The lowest BCUT2D eigenvalue weighted by molar-refractivity contribution is -0.136. The largest absolute Gasteiger partial charge is 0.466 e. The van der Waals surface area contributed by atoms with Crippen molar-refractivity contribution in [2.45, 2.75) is 46.1 Å². The van der Waals surface area contributed by atoms with Gasteiger partial charge in [0.2, 0.25) is 0 Å². The maximum absolute atomic E-state index is 11.5. The molecule has 0 radical (unpaired) electrons. The summed E-state index contributed by atoms with van der Waals surface area (Å²) in [5, 5.41) is 10.2. The van der Waals surface area contributed by atoms with Crippen LogP contribution in [0.4, 0.5) is 0 Å². The van der Waals surface area contributed by atoms with Crippen molar-refractivity contribution in [3.8, 4) is 0 Å². The van der Waals surface area contributed by atoms with Crippen molar-refractivity contribution in [3.63, 3.8) is 0 Å². The standard InChI is InChI=1S/C16H24O3/c1-9-5-6-12(7-11(3)16(18)19-4)14-10(2)8-13(17)15(9)14/h7,9,12-13,15,17H,5-6,8H2,1-4H3. The molecule has 0 heterocycles.